The van der Waals surface area contributed by atoms with Crippen LogP contribution in [0.25, 0.3) is 0 Å². The topological polar surface area (TPSA) is 84.5 Å². The van der Waals surface area contributed by atoms with Crippen molar-refractivity contribution in [2.24, 2.45) is 5.92 Å². The summed E-state index contributed by atoms with van der Waals surface area (Å²) in [6, 6.07) is 18.1. The van der Waals surface area contributed by atoms with Crippen LogP contribution in [0.3, 0.4) is 0 Å². The number of carbonyl (C=O) groups excluding carboxylic acids is 3. The van der Waals surface area contributed by atoms with E-state index in [-0.39, 0.29) is 24.9 Å². The summed E-state index contributed by atoms with van der Waals surface area (Å²) in [6.07, 6.45) is -0.281. The molecule has 0 saturated heterocycles. The Morgan fingerprint density at radius 1 is 0.893 bits per heavy atom. The molecule has 2 aromatic carbocycles. The Morgan fingerprint density at radius 2 is 1.46 bits per heavy atom. The number of Topliss-reactive ketones (excluding diaryl/α,β-unsaturated/α-hetero) is 1. The lowest BCUT2D eigenvalue weighted by atomic mass is 9.95. The fraction of sp³-hybridized carbons (Fsp3) is 0.318. The van der Waals surface area contributed by atoms with Crippen LogP contribution >= 0.6 is 0 Å². The van der Waals surface area contributed by atoms with Crippen LogP contribution in [0.4, 0.5) is 4.79 Å². The molecule has 0 aliphatic carbocycles. The summed E-state index contributed by atoms with van der Waals surface area (Å²) in [5.74, 6) is -0.701. The molecule has 0 bridgehead atoms. The maximum Gasteiger partial charge on any atom is 0.407 e. The van der Waals surface area contributed by atoms with E-state index in [4.69, 9.17) is 4.74 Å². The van der Waals surface area contributed by atoms with Gasteiger partial charge in [-0.2, -0.15) is 0 Å². The highest BCUT2D eigenvalue weighted by atomic mass is 16.5. The molecule has 0 unspecified atom stereocenters. The first-order valence-electron chi connectivity index (χ1n) is 9.27. The minimum Gasteiger partial charge on any atom is -0.445 e. The van der Waals surface area contributed by atoms with Crippen molar-refractivity contribution in [3.8, 4) is 0 Å². The Labute approximate surface area is 165 Å². The summed E-state index contributed by atoms with van der Waals surface area (Å²) >= 11 is 0. The molecule has 0 fully saturated rings. The third-order valence-corrected chi connectivity index (χ3v) is 4.14. The van der Waals surface area contributed by atoms with E-state index >= 15 is 0 Å². The number of nitrogens with one attached hydrogen (secondary N) is 2. The third-order valence-electron chi connectivity index (χ3n) is 4.14. The molecule has 2 rings (SSSR count). The van der Waals surface area contributed by atoms with Crippen molar-refractivity contribution in [2.75, 3.05) is 6.54 Å². The maximum absolute atomic E-state index is 12.5. The molecule has 0 aliphatic rings. The highest BCUT2D eigenvalue weighted by Crippen LogP contribution is 2.08. The van der Waals surface area contributed by atoms with Gasteiger partial charge < -0.3 is 15.4 Å². The Kier molecular flexibility index (Phi) is 8.21. The van der Waals surface area contributed by atoms with Crippen LogP contribution in [-0.2, 0) is 27.4 Å². The van der Waals surface area contributed by atoms with Gasteiger partial charge in [-0.25, -0.2) is 4.79 Å². The molecule has 0 radical (unpaired) electrons. The fourth-order valence-electron chi connectivity index (χ4n) is 2.65. The lowest BCUT2D eigenvalue weighted by molar-refractivity contribution is -0.129. The molecular formula is C22H26N2O4. The van der Waals surface area contributed by atoms with Crippen molar-refractivity contribution in [2.45, 2.75) is 32.9 Å². The van der Waals surface area contributed by atoms with Crippen LogP contribution in [0.2, 0.25) is 0 Å². The van der Waals surface area contributed by atoms with Gasteiger partial charge in [-0.15, -0.1) is 0 Å². The number of rotatable bonds is 9. The van der Waals surface area contributed by atoms with Gasteiger partial charge in [0.25, 0.3) is 0 Å². The van der Waals surface area contributed by atoms with Crippen molar-refractivity contribution in [3.05, 3.63) is 71.8 Å². The van der Waals surface area contributed by atoms with Crippen molar-refractivity contribution in [1.29, 1.82) is 0 Å². The van der Waals surface area contributed by atoms with E-state index < -0.39 is 18.0 Å². The first-order valence-corrected chi connectivity index (χ1v) is 9.27. The Balaban J connectivity index is 1.83. The summed E-state index contributed by atoms with van der Waals surface area (Å²) in [5.41, 5.74) is 1.81. The predicted octanol–water partition coefficient (Wildman–Crippen LogP) is 2.87. The normalized spacial score (nSPS) is 11.5. The van der Waals surface area contributed by atoms with E-state index in [1.165, 1.54) is 0 Å². The number of ether oxygens (including phenoxy) is 1. The minimum absolute atomic E-state index is 0.0520. The highest BCUT2D eigenvalue weighted by Gasteiger charge is 2.23. The lowest BCUT2D eigenvalue weighted by Gasteiger charge is -2.20. The van der Waals surface area contributed by atoms with Gasteiger partial charge in [-0.3, -0.25) is 9.59 Å². The van der Waals surface area contributed by atoms with Gasteiger partial charge in [0.2, 0.25) is 5.91 Å². The summed E-state index contributed by atoms with van der Waals surface area (Å²) in [6.45, 7) is 3.46. The Hall–Kier alpha value is -3.15. The number of carbonyl (C=O) groups is 3. The minimum atomic E-state index is -0.686. The first kappa shape index (κ1) is 21.2. The molecule has 2 N–H and O–H groups in total. The van der Waals surface area contributed by atoms with Crippen molar-refractivity contribution < 1.29 is 19.1 Å². The number of alkyl carbamates (subject to hydrolysis) is 1. The zero-order valence-electron chi connectivity index (χ0n) is 16.2. The van der Waals surface area contributed by atoms with E-state index in [1.54, 1.807) is 13.8 Å². The largest absolute Gasteiger partial charge is 0.445 e. The van der Waals surface area contributed by atoms with E-state index in [2.05, 4.69) is 10.6 Å². The lowest BCUT2D eigenvalue weighted by Crippen LogP contribution is -2.47. The van der Waals surface area contributed by atoms with Crippen LogP contribution in [0.15, 0.2) is 60.7 Å². The molecule has 0 aromatic heterocycles. The third kappa shape index (κ3) is 7.23. The molecular weight excluding hydrogens is 356 g/mol. The van der Waals surface area contributed by atoms with Crippen molar-refractivity contribution >= 4 is 17.8 Å². The van der Waals surface area contributed by atoms with Gasteiger partial charge in [0.1, 0.15) is 13.2 Å². The van der Waals surface area contributed by atoms with Crippen LogP contribution in [0.1, 0.15) is 25.0 Å². The Bertz CT molecular complexity index is 776. The fourth-order valence-corrected chi connectivity index (χ4v) is 2.65. The molecule has 6 heteroatoms. The monoisotopic (exact) mass is 382 g/mol. The molecule has 0 saturated carbocycles. The van der Waals surface area contributed by atoms with Gasteiger partial charge in [-0.1, -0.05) is 74.5 Å². The van der Waals surface area contributed by atoms with Crippen LogP contribution in [0.5, 0.6) is 0 Å². The first-order chi connectivity index (χ1) is 13.5. The van der Waals surface area contributed by atoms with Gasteiger partial charge in [-0.05, 0) is 17.5 Å². The average molecular weight is 382 g/mol. The van der Waals surface area contributed by atoms with Gasteiger partial charge in [0.05, 0.1) is 6.04 Å². The van der Waals surface area contributed by atoms with Crippen LogP contribution in [0, 0.1) is 5.92 Å². The number of hydrogen-bond donors (Lipinski definition) is 2. The van der Waals surface area contributed by atoms with Gasteiger partial charge in [0.15, 0.2) is 5.78 Å². The molecule has 2 aromatic rings. The van der Waals surface area contributed by atoms with Gasteiger partial charge in [0, 0.05) is 5.92 Å². The number of hydrogen-bond acceptors (Lipinski definition) is 4. The number of amides is 2. The molecule has 6 nitrogen and oxygen atoms in total. The molecule has 0 heterocycles. The predicted molar refractivity (Wildman–Crippen MR) is 107 cm³/mol. The van der Waals surface area contributed by atoms with Crippen LogP contribution in [-0.4, -0.2) is 30.4 Å². The van der Waals surface area contributed by atoms with Crippen LogP contribution < -0.4 is 10.6 Å². The second-order valence-corrected chi connectivity index (χ2v) is 6.78. The average Bonchev–Trinajstić information content (AvgIpc) is 2.71. The van der Waals surface area contributed by atoms with E-state index in [0.29, 0.717) is 6.42 Å². The van der Waals surface area contributed by atoms with Gasteiger partial charge >= 0.3 is 6.09 Å². The molecule has 2 amide bonds. The molecule has 28 heavy (non-hydrogen) atoms. The summed E-state index contributed by atoms with van der Waals surface area (Å²) in [5, 5.41) is 5.12. The molecule has 148 valence electrons. The highest BCUT2D eigenvalue weighted by molar-refractivity contribution is 5.91. The number of benzene rings is 2. The van der Waals surface area contributed by atoms with E-state index in [1.807, 2.05) is 60.7 Å². The standard InChI is InChI=1S/C22H26N2O4/c1-16(2)21(26)19(13-17-9-5-3-6-10-17)24-20(25)14-23-22(27)28-15-18-11-7-4-8-12-18/h3-12,16,19H,13-15H2,1-2H3,(H,23,27)(H,24,25)/t19-/m0/s1. The summed E-state index contributed by atoms with van der Waals surface area (Å²) in [7, 11) is 0. The molecule has 1 atom stereocenters. The maximum atomic E-state index is 12.5. The van der Waals surface area contributed by atoms with Crippen molar-refractivity contribution in [3.63, 3.8) is 0 Å². The van der Waals surface area contributed by atoms with Crippen molar-refractivity contribution in [1.82, 2.24) is 10.6 Å². The summed E-state index contributed by atoms with van der Waals surface area (Å²) in [4.78, 5) is 36.4. The zero-order chi connectivity index (χ0) is 20.4. The Morgan fingerprint density at radius 3 is 2.04 bits per heavy atom. The molecule has 0 aliphatic heterocycles. The second-order valence-electron chi connectivity index (χ2n) is 6.78. The zero-order valence-corrected chi connectivity index (χ0v) is 16.2. The molecule has 0 spiro atoms. The second kappa shape index (κ2) is 10.9. The SMILES string of the molecule is CC(C)C(=O)[C@H](Cc1ccccc1)NC(=O)CNC(=O)OCc1ccccc1. The van der Waals surface area contributed by atoms with E-state index in [9.17, 15) is 14.4 Å². The van der Waals surface area contributed by atoms with E-state index in [0.717, 1.165) is 11.1 Å². The smallest absolute Gasteiger partial charge is 0.407 e. The summed E-state index contributed by atoms with van der Waals surface area (Å²) < 4.78 is 5.07. The number of ketones is 1. The quantitative estimate of drug-likeness (QED) is 0.698.